The Morgan fingerprint density at radius 1 is 1.38 bits per heavy atom. The Morgan fingerprint density at radius 3 is 2.57 bits per heavy atom. The van der Waals surface area contributed by atoms with Crippen molar-refractivity contribution in [2.45, 2.75) is 52.0 Å². The highest BCUT2D eigenvalue weighted by atomic mass is 35.5. The van der Waals surface area contributed by atoms with E-state index in [1.54, 1.807) is 11.3 Å². The average molecular weight is 354 g/mol. The average Bonchev–Trinajstić information content (AvgIpc) is 2.83. The summed E-state index contributed by atoms with van der Waals surface area (Å²) in [6, 6.07) is 0. The minimum absolute atomic E-state index is 0. The SMILES string of the molecule is Cc1csc(CNC(=O)CC2(CN)CCCCC2)n1.Cl.Cl. The smallest absolute Gasteiger partial charge is 0.220 e. The highest BCUT2D eigenvalue weighted by Crippen LogP contribution is 2.38. The van der Waals surface area contributed by atoms with Crippen molar-refractivity contribution in [3.63, 3.8) is 0 Å². The van der Waals surface area contributed by atoms with Gasteiger partial charge < -0.3 is 11.1 Å². The summed E-state index contributed by atoms with van der Waals surface area (Å²) < 4.78 is 0. The van der Waals surface area contributed by atoms with Crippen molar-refractivity contribution < 1.29 is 4.79 Å². The van der Waals surface area contributed by atoms with Crippen LogP contribution in [0.2, 0.25) is 0 Å². The minimum atomic E-state index is 0. The van der Waals surface area contributed by atoms with E-state index in [1.807, 2.05) is 12.3 Å². The number of amides is 1. The molecule has 1 amide bonds. The van der Waals surface area contributed by atoms with E-state index in [0.717, 1.165) is 23.5 Å². The number of halogens is 2. The van der Waals surface area contributed by atoms with Crippen LogP contribution in [0.1, 0.15) is 49.2 Å². The summed E-state index contributed by atoms with van der Waals surface area (Å²) in [5.41, 5.74) is 6.96. The molecule has 1 aliphatic rings. The van der Waals surface area contributed by atoms with E-state index in [0.29, 0.717) is 19.5 Å². The molecule has 0 spiro atoms. The predicted molar refractivity (Wildman–Crippen MR) is 92.4 cm³/mol. The van der Waals surface area contributed by atoms with Crippen molar-refractivity contribution in [3.8, 4) is 0 Å². The highest BCUT2D eigenvalue weighted by Gasteiger charge is 2.32. The van der Waals surface area contributed by atoms with Gasteiger partial charge in [-0.05, 0) is 31.7 Å². The fraction of sp³-hybridized carbons (Fsp3) is 0.714. The number of nitrogens with zero attached hydrogens (tertiary/aromatic N) is 1. The normalized spacial score (nSPS) is 16.5. The molecule has 0 saturated heterocycles. The van der Waals surface area contributed by atoms with E-state index in [4.69, 9.17) is 5.73 Å². The third kappa shape index (κ3) is 6.10. The summed E-state index contributed by atoms with van der Waals surface area (Å²) in [4.78, 5) is 16.4. The summed E-state index contributed by atoms with van der Waals surface area (Å²) in [6.45, 7) is 3.13. The Kier molecular flexibility index (Phi) is 9.45. The molecule has 1 fully saturated rings. The Hall–Kier alpha value is -0.360. The number of carbonyl (C=O) groups excluding carboxylic acids is 1. The van der Waals surface area contributed by atoms with Gasteiger partial charge in [0.1, 0.15) is 5.01 Å². The van der Waals surface area contributed by atoms with Gasteiger partial charge in [-0.25, -0.2) is 4.98 Å². The van der Waals surface area contributed by atoms with Crippen molar-refractivity contribution in [1.82, 2.24) is 10.3 Å². The summed E-state index contributed by atoms with van der Waals surface area (Å²) in [5, 5.41) is 5.94. The molecule has 1 heterocycles. The number of thiazole rings is 1. The summed E-state index contributed by atoms with van der Waals surface area (Å²) >= 11 is 1.59. The molecule has 0 aliphatic heterocycles. The molecular weight excluding hydrogens is 329 g/mol. The fourth-order valence-electron chi connectivity index (χ4n) is 2.82. The van der Waals surface area contributed by atoms with Gasteiger partial charge in [0.25, 0.3) is 0 Å². The van der Waals surface area contributed by atoms with Gasteiger partial charge in [0.05, 0.1) is 6.54 Å². The predicted octanol–water partition coefficient (Wildman–Crippen LogP) is 3.21. The number of aryl methyl sites for hydroxylation is 1. The first kappa shape index (κ1) is 20.6. The van der Waals surface area contributed by atoms with Gasteiger partial charge in [0, 0.05) is 17.5 Å². The third-order valence-electron chi connectivity index (χ3n) is 3.99. The van der Waals surface area contributed by atoms with Crippen LogP contribution in [0.25, 0.3) is 0 Å². The van der Waals surface area contributed by atoms with Crippen molar-refractivity contribution in [2.24, 2.45) is 11.1 Å². The Labute approximate surface area is 143 Å². The molecule has 2 rings (SSSR count). The van der Waals surface area contributed by atoms with Crippen molar-refractivity contribution in [1.29, 1.82) is 0 Å². The second kappa shape index (κ2) is 9.62. The van der Waals surface area contributed by atoms with E-state index >= 15 is 0 Å². The van der Waals surface area contributed by atoms with Gasteiger partial charge in [0.2, 0.25) is 5.91 Å². The lowest BCUT2D eigenvalue weighted by molar-refractivity contribution is -0.124. The molecule has 1 aliphatic carbocycles. The van der Waals surface area contributed by atoms with Gasteiger partial charge in [-0.15, -0.1) is 36.2 Å². The molecule has 1 aromatic heterocycles. The quantitative estimate of drug-likeness (QED) is 0.853. The van der Waals surface area contributed by atoms with Crippen LogP contribution in [0.4, 0.5) is 0 Å². The summed E-state index contributed by atoms with van der Waals surface area (Å²) in [7, 11) is 0. The number of nitrogens with two attached hydrogens (primary N) is 1. The zero-order valence-electron chi connectivity index (χ0n) is 12.4. The lowest BCUT2D eigenvalue weighted by atomic mass is 9.72. The lowest BCUT2D eigenvalue weighted by Crippen LogP contribution is -2.38. The molecule has 21 heavy (non-hydrogen) atoms. The lowest BCUT2D eigenvalue weighted by Gasteiger charge is -2.35. The molecule has 4 nitrogen and oxygen atoms in total. The molecule has 0 atom stereocenters. The first-order chi connectivity index (χ1) is 9.13. The standard InChI is InChI=1S/C14H23N3OS.2ClH/c1-11-9-19-13(17-11)8-16-12(18)7-14(10-15)5-3-2-4-6-14;;/h9H,2-8,10,15H2,1H3,(H,16,18);2*1H. The molecule has 0 aromatic carbocycles. The van der Waals surface area contributed by atoms with Gasteiger partial charge in [0.15, 0.2) is 0 Å². The van der Waals surface area contributed by atoms with Gasteiger partial charge in [-0.1, -0.05) is 19.3 Å². The third-order valence-corrected chi connectivity index (χ3v) is 4.95. The Morgan fingerprint density at radius 2 is 2.05 bits per heavy atom. The number of rotatable bonds is 5. The second-order valence-corrected chi connectivity index (χ2v) is 6.54. The molecular formula is C14H25Cl2N3OS. The molecule has 1 aromatic rings. The molecule has 3 N–H and O–H groups in total. The van der Waals surface area contributed by atoms with Crippen LogP contribution in [0, 0.1) is 12.3 Å². The number of nitrogens with one attached hydrogen (secondary N) is 1. The van der Waals surface area contributed by atoms with E-state index in [2.05, 4.69) is 10.3 Å². The number of carbonyl (C=O) groups is 1. The molecule has 1 saturated carbocycles. The summed E-state index contributed by atoms with van der Waals surface area (Å²) in [5.74, 6) is 0.111. The molecule has 0 unspecified atom stereocenters. The molecule has 122 valence electrons. The van der Waals surface area contributed by atoms with Crippen molar-refractivity contribution >= 4 is 42.1 Å². The van der Waals surface area contributed by atoms with E-state index in [9.17, 15) is 4.79 Å². The van der Waals surface area contributed by atoms with Crippen LogP contribution in [0.3, 0.4) is 0 Å². The topological polar surface area (TPSA) is 68.0 Å². The maximum atomic E-state index is 12.1. The van der Waals surface area contributed by atoms with Gasteiger partial charge in [-0.2, -0.15) is 0 Å². The van der Waals surface area contributed by atoms with Crippen molar-refractivity contribution in [3.05, 3.63) is 16.1 Å². The fourth-order valence-corrected chi connectivity index (χ4v) is 3.53. The zero-order chi connectivity index (χ0) is 13.7. The van der Waals surface area contributed by atoms with E-state index in [1.165, 1.54) is 19.3 Å². The van der Waals surface area contributed by atoms with Gasteiger partial charge >= 0.3 is 0 Å². The zero-order valence-corrected chi connectivity index (χ0v) is 14.8. The second-order valence-electron chi connectivity index (χ2n) is 5.60. The summed E-state index contributed by atoms with van der Waals surface area (Å²) in [6.07, 6.45) is 6.43. The van der Waals surface area contributed by atoms with E-state index < -0.39 is 0 Å². The van der Waals surface area contributed by atoms with Crippen LogP contribution in [-0.2, 0) is 11.3 Å². The van der Waals surface area contributed by atoms with Crippen LogP contribution in [0.15, 0.2) is 5.38 Å². The van der Waals surface area contributed by atoms with E-state index in [-0.39, 0.29) is 36.1 Å². The van der Waals surface area contributed by atoms with Crippen LogP contribution in [0.5, 0.6) is 0 Å². The molecule has 7 heteroatoms. The first-order valence-electron chi connectivity index (χ1n) is 7.01. The Bertz CT molecular complexity index is 434. The maximum absolute atomic E-state index is 12.1. The van der Waals surface area contributed by atoms with Crippen molar-refractivity contribution in [2.75, 3.05) is 6.54 Å². The molecule has 0 bridgehead atoms. The number of hydrogen-bond acceptors (Lipinski definition) is 4. The first-order valence-corrected chi connectivity index (χ1v) is 7.89. The van der Waals surface area contributed by atoms with Crippen LogP contribution < -0.4 is 11.1 Å². The van der Waals surface area contributed by atoms with Crippen LogP contribution in [-0.4, -0.2) is 17.4 Å². The number of aromatic nitrogens is 1. The van der Waals surface area contributed by atoms with Crippen LogP contribution >= 0.6 is 36.2 Å². The highest BCUT2D eigenvalue weighted by molar-refractivity contribution is 7.09. The molecule has 0 radical (unpaired) electrons. The minimum Gasteiger partial charge on any atom is -0.350 e. The largest absolute Gasteiger partial charge is 0.350 e. The Balaban J connectivity index is 0.00000200. The monoisotopic (exact) mass is 353 g/mol. The van der Waals surface area contributed by atoms with Gasteiger partial charge in [-0.3, -0.25) is 4.79 Å². The maximum Gasteiger partial charge on any atom is 0.220 e. The number of hydrogen-bond donors (Lipinski definition) is 2.